The molecule has 2 aliphatic rings. The van der Waals surface area contributed by atoms with E-state index in [4.69, 9.17) is 0 Å². The summed E-state index contributed by atoms with van der Waals surface area (Å²) in [6.45, 7) is 2.10. The summed E-state index contributed by atoms with van der Waals surface area (Å²) in [5, 5.41) is 9.93. The van der Waals surface area contributed by atoms with Gasteiger partial charge in [0, 0.05) is 17.8 Å². The van der Waals surface area contributed by atoms with Crippen LogP contribution in [0.4, 0.5) is 0 Å². The minimum absolute atomic E-state index is 0.0897. The Morgan fingerprint density at radius 3 is 2.85 bits per heavy atom. The lowest BCUT2D eigenvalue weighted by Gasteiger charge is -2.47. The molecule has 2 fully saturated rings. The highest BCUT2D eigenvalue weighted by atomic mass is 16.3. The fourth-order valence-corrected chi connectivity index (χ4v) is 3.09. The molecule has 0 aliphatic heterocycles. The molecule has 2 heteroatoms. The quantitative estimate of drug-likeness (QED) is 0.621. The maximum Gasteiger partial charge on any atom is 0.136 e. The van der Waals surface area contributed by atoms with Crippen molar-refractivity contribution in [1.29, 1.82) is 0 Å². The molecule has 74 valence electrons. The Hall–Kier alpha value is -0.370. The highest BCUT2D eigenvalue weighted by Gasteiger charge is 2.47. The van der Waals surface area contributed by atoms with Crippen LogP contribution in [0.2, 0.25) is 0 Å². The zero-order valence-corrected chi connectivity index (χ0v) is 8.25. The van der Waals surface area contributed by atoms with Crippen LogP contribution in [0.15, 0.2) is 0 Å². The van der Waals surface area contributed by atoms with Gasteiger partial charge in [-0.1, -0.05) is 13.3 Å². The zero-order chi connectivity index (χ0) is 9.47. The first-order valence-electron chi connectivity index (χ1n) is 5.35. The minimum Gasteiger partial charge on any atom is -0.393 e. The van der Waals surface area contributed by atoms with Gasteiger partial charge in [-0.2, -0.15) is 0 Å². The number of hydrogen-bond acceptors (Lipinski definition) is 2. The third-order valence-corrected chi connectivity index (χ3v) is 4.05. The maximum absolute atomic E-state index is 11.7. The van der Waals surface area contributed by atoms with Gasteiger partial charge in [0.15, 0.2) is 0 Å². The molecule has 13 heavy (non-hydrogen) atoms. The Balaban J connectivity index is 2.24. The summed E-state index contributed by atoms with van der Waals surface area (Å²) in [4.78, 5) is 11.7. The molecule has 0 aromatic rings. The molecule has 0 heterocycles. The van der Waals surface area contributed by atoms with Gasteiger partial charge >= 0.3 is 0 Å². The summed E-state index contributed by atoms with van der Waals surface area (Å²) < 4.78 is 0. The van der Waals surface area contributed by atoms with Crippen molar-refractivity contribution in [3.05, 3.63) is 0 Å². The third kappa shape index (κ3) is 1.32. The second kappa shape index (κ2) is 3.09. The number of rotatable bonds is 0. The zero-order valence-electron chi connectivity index (χ0n) is 8.25. The monoisotopic (exact) mass is 182 g/mol. The van der Waals surface area contributed by atoms with Crippen LogP contribution >= 0.6 is 0 Å². The molecule has 2 saturated carbocycles. The van der Waals surface area contributed by atoms with Gasteiger partial charge in [0.2, 0.25) is 0 Å². The molecule has 3 atom stereocenters. The first-order chi connectivity index (χ1) is 6.14. The standard InChI is InChI=1S/C11H18O2/c1-11-7-3-5-9(12)8(11)4-2-6-10(11)13/h8,10,13H,2-7H2,1H3. The fourth-order valence-electron chi connectivity index (χ4n) is 3.09. The van der Waals surface area contributed by atoms with E-state index >= 15 is 0 Å². The Morgan fingerprint density at radius 1 is 1.38 bits per heavy atom. The number of aliphatic hydroxyl groups is 1. The molecule has 0 spiro atoms. The molecule has 2 aliphatic carbocycles. The van der Waals surface area contributed by atoms with E-state index in [1.807, 2.05) is 0 Å². The molecule has 2 rings (SSSR count). The number of carbonyl (C=O) groups is 1. The molecule has 1 N–H and O–H groups in total. The third-order valence-electron chi connectivity index (χ3n) is 4.05. The number of aliphatic hydroxyl groups excluding tert-OH is 1. The molecule has 0 aromatic heterocycles. The van der Waals surface area contributed by atoms with Gasteiger partial charge in [0.1, 0.15) is 5.78 Å². The van der Waals surface area contributed by atoms with Crippen LogP contribution < -0.4 is 0 Å². The van der Waals surface area contributed by atoms with Gasteiger partial charge in [-0.15, -0.1) is 0 Å². The summed E-state index contributed by atoms with van der Waals surface area (Å²) in [7, 11) is 0. The number of hydrogen-bond donors (Lipinski definition) is 1. The van der Waals surface area contributed by atoms with Crippen molar-refractivity contribution >= 4 is 5.78 Å². The number of ketones is 1. The van der Waals surface area contributed by atoms with E-state index in [1.54, 1.807) is 0 Å². The van der Waals surface area contributed by atoms with Crippen molar-refractivity contribution in [3.8, 4) is 0 Å². The molecule has 0 radical (unpaired) electrons. The van der Waals surface area contributed by atoms with Crippen molar-refractivity contribution in [1.82, 2.24) is 0 Å². The van der Waals surface area contributed by atoms with Gasteiger partial charge in [-0.25, -0.2) is 0 Å². The Morgan fingerprint density at radius 2 is 2.15 bits per heavy atom. The molecule has 0 aromatic carbocycles. The van der Waals surface area contributed by atoms with E-state index in [9.17, 15) is 9.90 Å². The molecule has 0 saturated heterocycles. The molecule has 0 amide bonds. The molecule has 2 nitrogen and oxygen atoms in total. The average molecular weight is 182 g/mol. The van der Waals surface area contributed by atoms with Crippen LogP contribution in [-0.4, -0.2) is 17.0 Å². The van der Waals surface area contributed by atoms with Gasteiger partial charge in [0.05, 0.1) is 6.10 Å². The van der Waals surface area contributed by atoms with Crippen LogP contribution in [0.5, 0.6) is 0 Å². The van der Waals surface area contributed by atoms with Gasteiger partial charge in [-0.05, 0) is 25.7 Å². The number of fused-ring (bicyclic) bond motifs is 1. The summed E-state index contributed by atoms with van der Waals surface area (Å²) >= 11 is 0. The van der Waals surface area contributed by atoms with Crippen molar-refractivity contribution in [3.63, 3.8) is 0 Å². The molecule has 0 bridgehead atoms. The highest BCUT2D eigenvalue weighted by molar-refractivity contribution is 5.82. The SMILES string of the molecule is CC12CCCC(=O)C1CCCC2O. The Kier molecular flexibility index (Phi) is 2.18. The maximum atomic E-state index is 11.7. The topological polar surface area (TPSA) is 37.3 Å². The van der Waals surface area contributed by atoms with E-state index in [1.165, 1.54) is 0 Å². The Bertz CT molecular complexity index is 224. The lowest BCUT2D eigenvalue weighted by atomic mass is 9.59. The van der Waals surface area contributed by atoms with Crippen molar-refractivity contribution in [2.75, 3.05) is 0 Å². The largest absolute Gasteiger partial charge is 0.393 e. The summed E-state index contributed by atoms with van der Waals surface area (Å²) in [6, 6.07) is 0. The van der Waals surface area contributed by atoms with Gasteiger partial charge in [0.25, 0.3) is 0 Å². The van der Waals surface area contributed by atoms with E-state index in [0.717, 1.165) is 38.5 Å². The first-order valence-corrected chi connectivity index (χ1v) is 5.35. The normalized spacial score (nSPS) is 45.8. The van der Waals surface area contributed by atoms with Crippen LogP contribution in [0, 0.1) is 11.3 Å². The summed E-state index contributed by atoms with van der Waals surface area (Å²) in [5.41, 5.74) is -0.0897. The van der Waals surface area contributed by atoms with Crippen molar-refractivity contribution in [2.24, 2.45) is 11.3 Å². The smallest absolute Gasteiger partial charge is 0.136 e. The lowest BCUT2D eigenvalue weighted by Crippen LogP contribution is -2.48. The predicted molar refractivity (Wildman–Crippen MR) is 50.3 cm³/mol. The summed E-state index contributed by atoms with van der Waals surface area (Å²) in [5.74, 6) is 0.553. The van der Waals surface area contributed by atoms with E-state index in [-0.39, 0.29) is 17.4 Å². The Labute approximate surface area is 79.3 Å². The molecular weight excluding hydrogens is 164 g/mol. The lowest BCUT2D eigenvalue weighted by molar-refractivity contribution is -0.140. The van der Waals surface area contributed by atoms with Gasteiger partial charge in [-0.3, -0.25) is 4.79 Å². The predicted octanol–water partition coefficient (Wildman–Crippen LogP) is 1.91. The minimum atomic E-state index is -0.240. The molecule has 3 unspecified atom stereocenters. The van der Waals surface area contributed by atoms with Crippen LogP contribution in [-0.2, 0) is 4.79 Å². The number of Topliss-reactive ketones (excluding diaryl/α,β-unsaturated/α-hetero) is 1. The summed E-state index contributed by atoms with van der Waals surface area (Å²) in [6.07, 6.45) is 5.43. The second-order valence-electron chi connectivity index (χ2n) is 4.82. The van der Waals surface area contributed by atoms with Crippen LogP contribution in [0.3, 0.4) is 0 Å². The van der Waals surface area contributed by atoms with Crippen molar-refractivity contribution in [2.45, 2.75) is 51.6 Å². The fraction of sp³-hybridized carbons (Fsp3) is 0.909. The number of carbonyl (C=O) groups excluding carboxylic acids is 1. The average Bonchev–Trinajstić information content (AvgIpc) is 2.08. The van der Waals surface area contributed by atoms with Crippen LogP contribution in [0.1, 0.15) is 45.4 Å². The van der Waals surface area contributed by atoms with E-state index < -0.39 is 0 Å². The van der Waals surface area contributed by atoms with Gasteiger partial charge < -0.3 is 5.11 Å². The van der Waals surface area contributed by atoms with Crippen molar-refractivity contribution < 1.29 is 9.90 Å². The first kappa shape index (κ1) is 9.20. The second-order valence-corrected chi connectivity index (χ2v) is 4.82. The van der Waals surface area contributed by atoms with E-state index in [2.05, 4.69) is 6.92 Å². The van der Waals surface area contributed by atoms with E-state index in [0.29, 0.717) is 5.78 Å². The van der Waals surface area contributed by atoms with Crippen LogP contribution in [0.25, 0.3) is 0 Å². The molecular formula is C11H18O2. The highest BCUT2D eigenvalue weighted by Crippen LogP contribution is 2.48.